The summed E-state index contributed by atoms with van der Waals surface area (Å²) < 4.78 is 0. The van der Waals surface area contributed by atoms with Crippen LogP contribution in [-0.2, 0) is 0 Å². The maximum atomic E-state index is 9.64. The molecule has 0 spiro atoms. The van der Waals surface area contributed by atoms with E-state index in [1.807, 2.05) is 24.3 Å². The predicted octanol–water partition coefficient (Wildman–Crippen LogP) is 2.19. The third-order valence-corrected chi connectivity index (χ3v) is 2.45. The maximum Gasteiger partial charge on any atom is 0.143 e. The van der Waals surface area contributed by atoms with E-state index in [0.717, 1.165) is 0 Å². The largest absolute Gasteiger partial charge is 0.506 e. The number of benzene rings is 2. The van der Waals surface area contributed by atoms with Crippen molar-refractivity contribution in [3.05, 3.63) is 36.4 Å². The summed E-state index contributed by atoms with van der Waals surface area (Å²) in [4.78, 5) is 8.53. The molecule has 0 radical (unpaired) electrons. The lowest BCUT2D eigenvalue weighted by atomic mass is 10.2. The first-order valence-electron chi connectivity index (χ1n) is 4.83. The molecule has 0 fully saturated rings. The van der Waals surface area contributed by atoms with Gasteiger partial charge in [-0.05, 0) is 24.3 Å². The number of hydrogen-bond donors (Lipinski definition) is 2. The summed E-state index contributed by atoms with van der Waals surface area (Å²) >= 11 is 0. The van der Waals surface area contributed by atoms with E-state index in [-0.39, 0.29) is 11.5 Å². The summed E-state index contributed by atoms with van der Waals surface area (Å²) in [6.07, 6.45) is 0. The average molecular weight is 212 g/mol. The zero-order valence-electron chi connectivity index (χ0n) is 8.25. The van der Waals surface area contributed by atoms with E-state index in [2.05, 4.69) is 9.97 Å². The number of phenolic OH excluding ortho intramolecular Hbond substituents is 2. The highest BCUT2D eigenvalue weighted by atomic mass is 16.3. The Labute approximate surface area is 90.8 Å². The van der Waals surface area contributed by atoms with Crippen LogP contribution in [-0.4, -0.2) is 20.2 Å². The molecule has 0 saturated heterocycles. The standard InChI is InChI=1S/C12H8N2O2/c15-9-5-6-10(16)12-11(9)13-7-3-1-2-4-8(7)14-12/h1-6,15-16H. The van der Waals surface area contributed by atoms with E-state index < -0.39 is 0 Å². The Morgan fingerprint density at radius 2 is 1.12 bits per heavy atom. The van der Waals surface area contributed by atoms with E-state index >= 15 is 0 Å². The second-order valence-corrected chi connectivity index (χ2v) is 3.51. The van der Waals surface area contributed by atoms with Crippen molar-refractivity contribution in [2.45, 2.75) is 0 Å². The van der Waals surface area contributed by atoms with E-state index in [4.69, 9.17) is 0 Å². The molecular formula is C12H8N2O2. The highest BCUT2D eigenvalue weighted by molar-refractivity contribution is 5.92. The quantitative estimate of drug-likeness (QED) is 0.443. The van der Waals surface area contributed by atoms with Crippen LogP contribution in [0, 0.1) is 0 Å². The molecule has 0 saturated carbocycles. The molecule has 78 valence electrons. The molecule has 0 amide bonds. The lowest BCUT2D eigenvalue weighted by Crippen LogP contribution is -1.87. The number of hydrogen-bond acceptors (Lipinski definition) is 4. The third kappa shape index (κ3) is 1.16. The molecule has 0 bridgehead atoms. The Morgan fingerprint density at radius 1 is 0.688 bits per heavy atom. The number of rotatable bonds is 0. The van der Waals surface area contributed by atoms with Gasteiger partial charge in [0, 0.05) is 0 Å². The van der Waals surface area contributed by atoms with Gasteiger partial charge < -0.3 is 10.2 Å². The molecule has 2 aromatic carbocycles. The van der Waals surface area contributed by atoms with Crippen LogP contribution in [0.3, 0.4) is 0 Å². The smallest absolute Gasteiger partial charge is 0.143 e. The first-order chi connectivity index (χ1) is 7.75. The van der Waals surface area contributed by atoms with Crippen LogP contribution in [0.25, 0.3) is 22.1 Å². The first-order valence-corrected chi connectivity index (χ1v) is 4.83. The normalized spacial score (nSPS) is 11.0. The van der Waals surface area contributed by atoms with Gasteiger partial charge in [0.25, 0.3) is 0 Å². The maximum absolute atomic E-state index is 9.64. The summed E-state index contributed by atoms with van der Waals surface area (Å²) in [6.45, 7) is 0. The number of aromatic hydroxyl groups is 2. The molecule has 0 atom stereocenters. The molecule has 4 nitrogen and oxygen atoms in total. The fourth-order valence-corrected chi connectivity index (χ4v) is 1.67. The summed E-state index contributed by atoms with van der Waals surface area (Å²) in [5.41, 5.74) is 2.02. The van der Waals surface area contributed by atoms with Crippen molar-refractivity contribution in [2.75, 3.05) is 0 Å². The van der Waals surface area contributed by atoms with Crippen molar-refractivity contribution in [1.29, 1.82) is 0 Å². The minimum Gasteiger partial charge on any atom is -0.506 e. The molecule has 1 heterocycles. The Balaban J connectivity index is 2.56. The Kier molecular flexibility index (Phi) is 1.71. The van der Waals surface area contributed by atoms with Gasteiger partial charge in [-0.15, -0.1) is 0 Å². The van der Waals surface area contributed by atoms with Gasteiger partial charge in [-0.2, -0.15) is 0 Å². The molecule has 1 aromatic heterocycles. The van der Waals surface area contributed by atoms with Crippen molar-refractivity contribution in [3.8, 4) is 11.5 Å². The van der Waals surface area contributed by atoms with Gasteiger partial charge in [-0.3, -0.25) is 0 Å². The zero-order chi connectivity index (χ0) is 11.1. The molecular weight excluding hydrogens is 204 g/mol. The van der Waals surface area contributed by atoms with Crippen LogP contribution in [0.15, 0.2) is 36.4 Å². The van der Waals surface area contributed by atoms with Crippen LogP contribution in [0.1, 0.15) is 0 Å². The van der Waals surface area contributed by atoms with Gasteiger partial charge in [-0.25, -0.2) is 9.97 Å². The van der Waals surface area contributed by atoms with E-state index in [9.17, 15) is 10.2 Å². The highest BCUT2D eigenvalue weighted by Crippen LogP contribution is 2.29. The van der Waals surface area contributed by atoms with Gasteiger partial charge >= 0.3 is 0 Å². The fraction of sp³-hybridized carbons (Fsp3) is 0. The first kappa shape index (κ1) is 8.91. The van der Waals surface area contributed by atoms with Gasteiger partial charge in [-0.1, -0.05) is 12.1 Å². The second kappa shape index (κ2) is 3.06. The number of nitrogens with zero attached hydrogens (tertiary/aromatic N) is 2. The average Bonchev–Trinajstić information content (AvgIpc) is 2.32. The van der Waals surface area contributed by atoms with Crippen molar-refractivity contribution >= 4 is 22.1 Å². The predicted molar refractivity (Wildman–Crippen MR) is 60.4 cm³/mol. The van der Waals surface area contributed by atoms with Crippen LogP contribution >= 0.6 is 0 Å². The van der Waals surface area contributed by atoms with E-state index in [1.54, 1.807) is 0 Å². The molecule has 0 aliphatic rings. The van der Waals surface area contributed by atoms with Crippen LogP contribution in [0.5, 0.6) is 11.5 Å². The van der Waals surface area contributed by atoms with Gasteiger partial charge in [0.15, 0.2) is 0 Å². The number of aromatic nitrogens is 2. The Bertz CT molecular complexity index is 635. The minimum atomic E-state index is 0.0195. The number of para-hydroxylation sites is 2. The summed E-state index contributed by atoms with van der Waals surface area (Å²) in [7, 11) is 0. The Morgan fingerprint density at radius 3 is 1.56 bits per heavy atom. The van der Waals surface area contributed by atoms with Crippen LogP contribution in [0.2, 0.25) is 0 Å². The van der Waals surface area contributed by atoms with Gasteiger partial charge in [0.2, 0.25) is 0 Å². The molecule has 3 aromatic rings. The van der Waals surface area contributed by atoms with E-state index in [1.165, 1.54) is 12.1 Å². The number of phenols is 2. The van der Waals surface area contributed by atoms with Crippen molar-refractivity contribution in [1.82, 2.24) is 9.97 Å². The highest BCUT2D eigenvalue weighted by Gasteiger charge is 2.08. The molecule has 0 unspecified atom stereocenters. The lowest BCUT2D eigenvalue weighted by molar-refractivity contribution is 0.467. The minimum absolute atomic E-state index is 0.0195. The fourth-order valence-electron chi connectivity index (χ4n) is 1.67. The van der Waals surface area contributed by atoms with Crippen molar-refractivity contribution < 1.29 is 10.2 Å². The number of fused-ring (bicyclic) bond motifs is 2. The topological polar surface area (TPSA) is 66.2 Å². The second-order valence-electron chi connectivity index (χ2n) is 3.51. The molecule has 3 rings (SSSR count). The Hall–Kier alpha value is -2.36. The SMILES string of the molecule is Oc1ccc(O)c2nc3ccccc3nc12. The van der Waals surface area contributed by atoms with Crippen molar-refractivity contribution in [2.24, 2.45) is 0 Å². The monoisotopic (exact) mass is 212 g/mol. The molecule has 0 aliphatic heterocycles. The van der Waals surface area contributed by atoms with Crippen LogP contribution in [0.4, 0.5) is 0 Å². The van der Waals surface area contributed by atoms with Crippen LogP contribution < -0.4 is 0 Å². The molecule has 4 heteroatoms. The van der Waals surface area contributed by atoms with E-state index in [0.29, 0.717) is 22.1 Å². The zero-order valence-corrected chi connectivity index (χ0v) is 8.25. The third-order valence-electron chi connectivity index (χ3n) is 2.45. The molecule has 2 N–H and O–H groups in total. The summed E-state index contributed by atoms with van der Waals surface area (Å²) in [5.74, 6) is 0.0390. The van der Waals surface area contributed by atoms with Gasteiger partial charge in [0.1, 0.15) is 22.5 Å². The summed E-state index contributed by atoms with van der Waals surface area (Å²) in [5, 5.41) is 19.3. The van der Waals surface area contributed by atoms with Crippen molar-refractivity contribution in [3.63, 3.8) is 0 Å². The molecule has 16 heavy (non-hydrogen) atoms. The molecule has 0 aliphatic carbocycles. The lowest BCUT2D eigenvalue weighted by Gasteiger charge is -2.03. The summed E-state index contributed by atoms with van der Waals surface area (Å²) in [6, 6.07) is 10.1. The van der Waals surface area contributed by atoms with Gasteiger partial charge in [0.05, 0.1) is 11.0 Å².